The molecule has 0 aromatic heterocycles. The summed E-state index contributed by atoms with van der Waals surface area (Å²) in [5.74, 6) is -0.383. The van der Waals surface area contributed by atoms with E-state index in [1.54, 1.807) is 19.2 Å². The van der Waals surface area contributed by atoms with Crippen LogP contribution in [0.3, 0.4) is 0 Å². The zero-order valence-corrected chi connectivity index (χ0v) is 31.7. The third-order valence-electron chi connectivity index (χ3n) is 11.4. The maximum Gasteiger partial charge on any atom is 0.408 e. The van der Waals surface area contributed by atoms with Gasteiger partial charge in [0.1, 0.15) is 18.2 Å². The highest BCUT2D eigenvalue weighted by Gasteiger charge is 2.45. The summed E-state index contributed by atoms with van der Waals surface area (Å²) in [6, 6.07) is 32.6. The van der Waals surface area contributed by atoms with E-state index in [1.807, 2.05) is 67.7 Å². The molecule has 7 rings (SSSR count). The highest BCUT2D eigenvalue weighted by molar-refractivity contribution is 7.89. The summed E-state index contributed by atoms with van der Waals surface area (Å²) in [5, 5.41) is 13.2. The summed E-state index contributed by atoms with van der Waals surface area (Å²) in [7, 11) is 0.0724. The number of carbonyl (C=O) groups excluding carboxylic acids is 2. The molecule has 10 nitrogen and oxygen atoms in total. The number of amides is 2. The van der Waals surface area contributed by atoms with E-state index in [4.69, 9.17) is 4.74 Å². The van der Waals surface area contributed by atoms with Crippen LogP contribution in [0.4, 0.5) is 4.79 Å². The molecule has 2 amide bonds. The van der Waals surface area contributed by atoms with Crippen LogP contribution in [-0.2, 0) is 26.0 Å². The number of ether oxygens (including phenoxy) is 1. The first-order chi connectivity index (χ1) is 26.1. The normalized spacial score (nSPS) is 17.8. The molecule has 0 unspecified atom stereocenters. The van der Waals surface area contributed by atoms with Gasteiger partial charge in [0.15, 0.2) is 0 Å². The van der Waals surface area contributed by atoms with E-state index in [0.717, 1.165) is 58.2 Å². The standard InChI is InChI=1S/C43H47N5O5S/c1-46-24-26-48(27-25-46)54(51,52)35-20-18-33(19-21-35)32-16-14-31(15-17-32)28-34(29-44)47(2)41(49)43(22-8-3-9-23-43)45-42(50)53-30-40-38-12-6-4-10-36(38)37-11-5-7-13-39(37)40/h4-7,10-21,34,40H,3,8-9,22-28,30H2,1-2H3,(H,45,50)/t34-/m0/s1. The van der Waals surface area contributed by atoms with Crippen molar-refractivity contribution in [2.75, 3.05) is 46.9 Å². The molecule has 54 heavy (non-hydrogen) atoms. The van der Waals surface area contributed by atoms with Crippen molar-refractivity contribution in [3.8, 4) is 28.3 Å². The Labute approximate surface area is 318 Å². The highest BCUT2D eigenvalue weighted by Crippen LogP contribution is 2.44. The second-order valence-corrected chi connectivity index (χ2v) is 16.7. The smallest absolute Gasteiger partial charge is 0.408 e. The summed E-state index contributed by atoms with van der Waals surface area (Å²) >= 11 is 0. The SMILES string of the molecule is CN1CCN(S(=O)(=O)c2ccc(-c3ccc(C[C@@H](C#N)N(C)C(=O)C4(NC(=O)OCC5c6ccccc6-c6ccccc65)CCCCC4)cc3)cc2)CC1. The quantitative estimate of drug-likeness (QED) is 0.199. The first-order valence-electron chi connectivity index (χ1n) is 18.8. The molecule has 0 bridgehead atoms. The largest absolute Gasteiger partial charge is 0.449 e. The lowest BCUT2D eigenvalue weighted by atomic mass is 9.80. The molecule has 4 aromatic rings. The van der Waals surface area contributed by atoms with Gasteiger partial charge in [-0.2, -0.15) is 9.57 Å². The van der Waals surface area contributed by atoms with Gasteiger partial charge in [0, 0.05) is 45.6 Å². The van der Waals surface area contributed by atoms with Crippen LogP contribution in [-0.4, -0.2) is 93.0 Å². The van der Waals surface area contributed by atoms with Gasteiger partial charge in [0.05, 0.1) is 11.0 Å². The van der Waals surface area contributed by atoms with Crippen molar-refractivity contribution >= 4 is 22.0 Å². The van der Waals surface area contributed by atoms with Crippen molar-refractivity contribution in [1.82, 2.24) is 19.4 Å². The summed E-state index contributed by atoms with van der Waals surface area (Å²) < 4.78 is 33.7. The van der Waals surface area contributed by atoms with Crippen LogP contribution >= 0.6 is 0 Å². The third kappa shape index (κ3) is 7.51. The van der Waals surface area contributed by atoms with Crippen molar-refractivity contribution in [2.45, 2.75) is 60.9 Å². The van der Waals surface area contributed by atoms with Gasteiger partial charge in [0.2, 0.25) is 15.9 Å². The fraction of sp³-hybridized carbons (Fsp3) is 0.372. The number of benzene rings is 4. The lowest BCUT2D eigenvalue weighted by molar-refractivity contribution is -0.139. The Kier molecular flexibility index (Phi) is 10.9. The van der Waals surface area contributed by atoms with E-state index >= 15 is 0 Å². The van der Waals surface area contributed by atoms with E-state index in [2.05, 4.69) is 40.6 Å². The summed E-state index contributed by atoms with van der Waals surface area (Å²) in [6.45, 7) is 2.51. The maximum absolute atomic E-state index is 14.2. The number of rotatable bonds is 10. The van der Waals surface area contributed by atoms with E-state index in [-0.39, 0.29) is 23.3 Å². The Hall–Kier alpha value is -5.02. The number of fused-ring (bicyclic) bond motifs is 3. The first-order valence-corrected chi connectivity index (χ1v) is 20.2. The van der Waals surface area contributed by atoms with E-state index in [9.17, 15) is 23.3 Å². The van der Waals surface area contributed by atoms with Gasteiger partial charge in [-0.15, -0.1) is 0 Å². The van der Waals surface area contributed by atoms with Gasteiger partial charge >= 0.3 is 6.09 Å². The van der Waals surface area contributed by atoms with Gasteiger partial charge in [-0.05, 0) is 71.0 Å². The minimum Gasteiger partial charge on any atom is -0.449 e. The molecular formula is C43H47N5O5S. The highest BCUT2D eigenvalue weighted by atomic mass is 32.2. The molecule has 280 valence electrons. The zero-order valence-electron chi connectivity index (χ0n) is 30.9. The minimum atomic E-state index is -3.55. The number of hydrogen-bond donors (Lipinski definition) is 1. The first kappa shape index (κ1) is 37.3. The number of sulfonamides is 1. The van der Waals surface area contributed by atoms with Gasteiger partial charge in [-0.25, -0.2) is 13.2 Å². The Balaban J connectivity index is 0.990. The average molecular weight is 746 g/mol. The second kappa shape index (κ2) is 15.8. The monoisotopic (exact) mass is 745 g/mol. The molecule has 11 heteroatoms. The van der Waals surface area contributed by atoms with Gasteiger partial charge in [-0.1, -0.05) is 104 Å². The molecule has 1 saturated heterocycles. The number of nitriles is 1. The molecule has 1 aliphatic heterocycles. The average Bonchev–Trinajstić information content (AvgIpc) is 3.52. The lowest BCUT2D eigenvalue weighted by Crippen LogP contribution is -2.61. The van der Waals surface area contributed by atoms with Crippen LogP contribution < -0.4 is 5.32 Å². The number of piperazine rings is 1. The Bertz CT molecular complexity index is 2090. The summed E-state index contributed by atoms with van der Waals surface area (Å²) in [4.78, 5) is 31.6. The number of hydrogen-bond acceptors (Lipinski definition) is 7. The third-order valence-corrected chi connectivity index (χ3v) is 13.3. The molecule has 0 spiro atoms. The summed E-state index contributed by atoms with van der Waals surface area (Å²) in [5.41, 5.74) is 6.02. The van der Waals surface area contributed by atoms with Crippen molar-refractivity contribution in [3.05, 3.63) is 114 Å². The predicted octanol–water partition coefficient (Wildman–Crippen LogP) is 6.42. The molecular weight excluding hydrogens is 699 g/mol. The number of nitrogens with one attached hydrogen (secondary N) is 1. The number of nitrogens with zero attached hydrogens (tertiary/aromatic N) is 4. The lowest BCUT2D eigenvalue weighted by Gasteiger charge is -2.40. The van der Waals surface area contributed by atoms with Crippen molar-refractivity contribution in [2.24, 2.45) is 0 Å². The van der Waals surface area contributed by atoms with Gasteiger partial charge in [0.25, 0.3) is 0 Å². The molecule has 1 N–H and O–H groups in total. The molecule has 2 fully saturated rings. The number of likely N-dealkylation sites (N-methyl/N-ethyl adjacent to an activating group) is 2. The van der Waals surface area contributed by atoms with Gasteiger partial charge < -0.3 is 19.9 Å². The second-order valence-electron chi connectivity index (χ2n) is 14.8. The number of carbonyl (C=O) groups is 2. The van der Waals surface area contributed by atoms with Crippen LogP contribution in [0.5, 0.6) is 0 Å². The topological polar surface area (TPSA) is 123 Å². The van der Waals surface area contributed by atoms with Crippen LogP contribution in [0.1, 0.15) is 54.7 Å². The Morgan fingerprint density at radius 3 is 1.98 bits per heavy atom. The molecule has 0 radical (unpaired) electrons. The zero-order chi connectivity index (χ0) is 37.9. The van der Waals surface area contributed by atoms with E-state index in [0.29, 0.717) is 45.4 Å². The van der Waals surface area contributed by atoms with Crippen molar-refractivity contribution in [3.63, 3.8) is 0 Å². The Morgan fingerprint density at radius 1 is 0.852 bits per heavy atom. The van der Waals surface area contributed by atoms with Crippen molar-refractivity contribution < 1.29 is 22.7 Å². The molecule has 4 aromatic carbocycles. The predicted molar refractivity (Wildman–Crippen MR) is 208 cm³/mol. The molecule has 3 aliphatic rings. The fourth-order valence-electron chi connectivity index (χ4n) is 8.18. The van der Waals surface area contributed by atoms with Crippen LogP contribution in [0, 0.1) is 11.3 Å². The number of alkyl carbamates (subject to hydrolysis) is 1. The van der Waals surface area contributed by atoms with E-state index < -0.39 is 27.7 Å². The van der Waals surface area contributed by atoms with Gasteiger partial charge in [-0.3, -0.25) is 4.79 Å². The van der Waals surface area contributed by atoms with E-state index in [1.165, 1.54) is 9.21 Å². The summed E-state index contributed by atoms with van der Waals surface area (Å²) in [6.07, 6.45) is 3.16. The maximum atomic E-state index is 14.2. The molecule has 1 heterocycles. The van der Waals surface area contributed by atoms with Crippen LogP contribution in [0.25, 0.3) is 22.3 Å². The van der Waals surface area contributed by atoms with Crippen molar-refractivity contribution in [1.29, 1.82) is 5.26 Å². The molecule has 1 atom stereocenters. The fourth-order valence-corrected chi connectivity index (χ4v) is 9.60. The minimum absolute atomic E-state index is 0.0964. The van der Waals surface area contributed by atoms with Crippen LogP contribution in [0.15, 0.2) is 102 Å². The molecule has 2 aliphatic carbocycles. The Morgan fingerprint density at radius 2 is 1.41 bits per heavy atom. The van der Waals surface area contributed by atoms with Crippen LogP contribution in [0.2, 0.25) is 0 Å². The molecule has 1 saturated carbocycles.